The fraction of sp³-hybridized carbons (Fsp3) is 0.273. The zero-order valence-electron chi connectivity index (χ0n) is 9.62. The summed E-state index contributed by atoms with van der Waals surface area (Å²) in [6.07, 6.45) is 1.50. The van der Waals surface area contributed by atoms with Crippen LogP contribution >= 0.6 is 11.6 Å². The Balaban J connectivity index is 2.46. The second-order valence-corrected chi connectivity index (χ2v) is 4.04. The summed E-state index contributed by atoms with van der Waals surface area (Å²) in [4.78, 5) is 0. The molecule has 4 nitrogen and oxygen atoms in total. The second-order valence-electron chi connectivity index (χ2n) is 3.64. The number of hydrogen-bond donors (Lipinski definition) is 1. The molecule has 0 bridgehead atoms. The maximum absolute atomic E-state index is 13.7. The molecule has 0 saturated heterocycles. The Morgan fingerprint density at radius 2 is 2.17 bits per heavy atom. The third-order valence-corrected chi connectivity index (χ3v) is 2.66. The van der Waals surface area contributed by atoms with Gasteiger partial charge < -0.3 is 5.32 Å². The minimum Gasteiger partial charge on any atom is -0.311 e. The smallest absolute Gasteiger partial charge is 0.153 e. The number of nitrogens with one attached hydrogen (secondary N) is 1. The molecule has 1 aromatic heterocycles. The lowest BCUT2D eigenvalue weighted by atomic mass is 10.3. The van der Waals surface area contributed by atoms with Gasteiger partial charge in [-0.1, -0.05) is 23.7 Å². The summed E-state index contributed by atoms with van der Waals surface area (Å²) in [5, 5.41) is 10.5. The minimum absolute atomic E-state index is 0.00321. The third-order valence-electron chi connectivity index (χ3n) is 2.37. The molecule has 7 heteroatoms. The Morgan fingerprint density at radius 3 is 2.83 bits per heavy atom. The summed E-state index contributed by atoms with van der Waals surface area (Å²) in [6, 6.07) is 1.80. The van der Waals surface area contributed by atoms with Crippen LogP contribution in [0.1, 0.15) is 12.6 Å². The molecule has 0 amide bonds. The number of halogens is 3. The van der Waals surface area contributed by atoms with E-state index in [2.05, 4.69) is 15.6 Å². The molecule has 1 N–H and O–H groups in total. The molecule has 2 aromatic rings. The average Bonchev–Trinajstić information content (AvgIpc) is 2.73. The Labute approximate surface area is 108 Å². The van der Waals surface area contributed by atoms with Crippen molar-refractivity contribution in [2.75, 3.05) is 6.54 Å². The monoisotopic (exact) mass is 272 g/mol. The molecule has 0 aliphatic rings. The van der Waals surface area contributed by atoms with Gasteiger partial charge in [0.05, 0.1) is 16.9 Å². The average molecular weight is 273 g/mol. The molecule has 0 aliphatic carbocycles. The predicted molar refractivity (Wildman–Crippen MR) is 63.7 cm³/mol. The largest absolute Gasteiger partial charge is 0.311 e. The number of hydrogen-bond acceptors (Lipinski definition) is 3. The summed E-state index contributed by atoms with van der Waals surface area (Å²) in [6.45, 7) is 3.17. The lowest BCUT2D eigenvalue weighted by Gasteiger charge is -2.09. The molecule has 0 fully saturated rings. The van der Waals surface area contributed by atoms with Crippen LogP contribution in [0.2, 0.25) is 5.02 Å². The van der Waals surface area contributed by atoms with Crippen LogP contribution in [-0.4, -0.2) is 21.5 Å². The van der Waals surface area contributed by atoms with E-state index < -0.39 is 11.6 Å². The van der Waals surface area contributed by atoms with Crippen molar-refractivity contribution in [2.45, 2.75) is 13.5 Å². The van der Waals surface area contributed by atoms with Gasteiger partial charge in [-0.25, -0.2) is 13.5 Å². The molecule has 0 aliphatic heterocycles. The molecule has 0 spiro atoms. The molecule has 0 radical (unpaired) electrons. The normalized spacial score (nSPS) is 10.9. The van der Waals surface area contributed by atoms with Gasteiger partial charge in [-0.15, -0.1) is 5.10 Å². The van der Waals surface area contributed by atoms with Crippen molar-refractivity contribution in [3.8, 4) is 5.69 Å². The highest BCUT2D eigenvalue weighted by molar-refractivity contribution is 6.32. The number of nitrogens with zero attached hydrogens (tertiary/aromatic N) is 3. The van der Waals surface area contributed by atoms with Crippen LogP contribution in [0, 0.1) is 11.6 Å². The third kappa shape index (κ3) is 2.49. The van der Waals surface area contributed by atoms with Crippen LogP contribution in [0.3, 0.4) is 0 Å². The van der Waals surface area contributed by atoms with Gasteiger partial charge in [0.2, 0.25) is 0 Å². The highest BCUT2D eigenvalue weighted by Gasteiger charge is 2.15. The van der Waals surface area contributed by atoms with Crippen molar-refractivity contribution in [1.82, 2.24) is 20.3 Å². The van der Waals surface area contributed by atoms with Gasteiger partial charge >= 0.3 is 0 Å². The molecule has 1 heterocycles. The van der Waals surface area contributed by atoms with Gasteiger partial charge in [0.1, 0.15) is 11.5 Å². The molecule has 0 unspecified atom stereocenters. The topological polar surface area (TPSA) is 42.7 Å². The van der Waals surface area contributed by atoms with Crippen LogP contribution in [0.25, 0.3) is 5.69 Å². The number of rotatable bonds is 4. The van der Waals surface area contributed by atoms with Gasteiger partial charge in [0.25, 0.3) is 0 Å². The van der Waals surface area contributed by atoms with E-state index in [-0.39, 0.29) is 10.7 Å². The SMILES string of the molecule is CCNCc1cnnn1-c1c(F)cc(F)cc1Cl. The molecule has 18 heavy (non-hydrogen) atoms. The van der Waals surface area contributed by atoms with Crippen molar-refractivity contribution in [3.63, 3.8) is 0 Å². The van der Waals surface area contributed by atoms with E-state index in [4.69, 9.17) is 11.6 Å². The maximum atomic E-state index is 13.7. The van der Waals surface area contributed by atoms with E-state index in [1.807, 2.05) is 6.92 Å². The highest BCUT2D eigenvalue weighted by Crippen LogP contribution is 2.25. The fourth-order valence-electron chi connectivity index (χ4n) is 1.56. The predicted octanol–water partition coefficient (Wildman–Crippen LogP) is 2.31. The highest BCUT2D eigenvalue weighted by atomic mass is 35.5. The van der Waals surface area contributed by atoms with Crippen LogP contribution in [0.5, 0.6) is 0 Å². The van der Waals surface area contributed by atoms with Gasteiger partial charge in [0.15, 0.2) is 5.82 Å². The second kappa shape index (κ2) is 5.41. The van der Waals surface area contributed by atoms with E-state index in [0.29, 0.717) is 12.2 Å². The van der Waals surface area contributed by atoms with Gasteiger partial charge in [-0.2, -0.15) is 0 Å². The fourth-order valence-corrected chi connectivity index (χ4v) is 1.83. The Morgan fingerprint density at radius 1 is 1.39 bits per heavy atom. The van der Waals surface area contributed by atoms with E-state index in [9.17, 15) is 8.78 Å². The van der Waals surface area contributed by atoms with E-state index >= 15 is 0 Å². The molecule has 2 rings (SSSR count). The molecule has 96 valence electrons. The summed E-state index contributed by atoms with van der Waals surface area (Å²) in [5.41, 5.74) is 0.646. The lowest BCUT2D eigenvalue weighted by Crippen LogP contribution is -2.16. The molecular weight excluding hydrogens is 262 g/mol. The summed E-state index contributed by atoms with van der Waals surface area (Å²) < 4.78 is 28.0. The first-order valence-corrected chi connectivity index (χ1v) is 5.76. The van der Waals surface area contributed by atoms with Gasteiger partial charge in [-0.3, -0.25) is 0 Å². The molecule has 1 aromatic carbocycles. The van der Waals surface area contributed by atoms with Crippen molar-refractivity contribution >= 4 is 11.6 Å². The Bertz CT molecular complexity index is 533. The van der Waals surface area contributed by atoms with Gasteiger partial charge in [0, 0.05) is 12.6 Å². The Hall–Kier alpha value is -1.53. The van der Waals surface area contributed by atoms with E-state index in [0.717, 1.165) is 18.7 Å². The minimum atomic E-state index is -0.775. The van der Waals surface area contributed by atoms with Crippen molar-refractivity contribution in [1.29, 1.82) is 0 Å². The number of benzene rings is 1. The lowest BCUT2D eigenvalue weighted by molar-refractivity contribution is 0.566. The summed E-state index contributed by atoms with van der Waals surface area (Å²) in [7, 11) is 0. The zero-order chi connectivity index (χ0) is 13.1. The van der Waals surface area contributed by atoms with Crippen LogP contribution in [0.15, 0.2) is 18.3 Å². The standard InChI is InChI=1S/C11H11ClF2N4/c1-2-15-5-8-6-16-17-18(8)11-9(12)3-7(13)4-10(11)14/h3-4,6,15H,2,5H2,1H3. The van der Waals surface area contributed by atoms with Crippen LogP contribution in [0.4, 0.5) is 8.78 Å². The van der Waals surface area contributed by atoms with Crippen LogP contribution < -0.4 is 5.32 Å². The molecule has 0 atom stereocenters. The maximum Gasteiger partial charge on any atom is 0.153 e. The van der Waals surface area contributed by atoms with E-state index in [1.165, 1.54) is 10.9 Å². The first-order chi connectivity index (χ1) is 8.63. The van der Waals surface area contributed by atoms with Crippen molar-refractivity contribution in [2.24, 2.45) is 0 Å². The Kier molecular flexibility index (Phi) is 3.88. The van der Waals surface area contributed by atoms with Crippen LogP contribution in [-0.2, 0) is 6.54 Å². The zero-order valence-corrected chi connectivity index (χ0v) is 10.4. The summed E-state index contributed by atoms with van der Waals surface area (Å²) >= 11 is 5.84. The molecule has 0 saturated carbocycles. The quantitative estimate of drug-likeness (QED) is 0.929. The van der Waals surface area contributed by atoms with Crippen molar-refractivity contribution in [3.05, 3.63) is 40.7 Å². The van der Waals surface area contributed by atoms with Crippen molar-refractivity contribution < 1.29 is 8.78 Å². The van der Waals surface area contributed by atoms with Gasteiger partial charge in [-0.05, 0) is 12.6 Å². The molecular formula is C11H11ClF2N4. The van der Waals surface area contributed by atoms with E-state index in [1.54, 1.807) is 0 Å². The number of aromatic nitrogens is 3. The summed E-state index contributed by atoms with van der Waals surface area (Å²) in [5.74, 6) is -1.50. The first-order valence-electron chi connectivity index (χ1n) is 5.38. The first kappa shape index (κ1) is 12.9.